The minimum atomic E-state index is -0.288. The van der Waals surface area contributed by atoms with E-state index < -0.39 is 0 Å². The first-order valence-corrected chi connectivity index (χ1v) is 7.86. The van der Waals surface area contributed by atoms with Crippen molar-refractivity contribution in [3.8, 4) is 0 Å². The Morgan fingerprint density at radius 2 is 1.85 bits per heavy atom. The summed E-state index contributed by atoms with van der Waals surface area (Å²) in [6.07, 6.45) is 6.44. The van der Waals surface area contributed by atoms with Crippen LogP contribution in [0.2, 0.25) is 0 Å². The third-order valence-corrected chi connectivity index (χ3v) is 4.79. The van der Waals surface area contributed by atoms with E-state index in [1.165, 1.54) is 37.7 Å². The van der Waals surface area contributed by atoms with Crippen molar-refractivity contribution >= 4 is 0 Å². The average molecular weight is 275 g/mol. The molecule has 0 spiro atoms. The van der Waals surface area contributed by atoms with Gasteiger partial charge in [-0.1, -0.05) is 49.6 Å². The van der Waals surface area contributed by atoms with Gasteiger partial charge in [-0.3, -0.25) is 0 Å². The normalized spacial score (nSPS) is 32.1. The van der Waals surface area contributed by atoms with E-state index in [-0.39, 0.29) is 11.7 Å². The quantitative estimate of drug-likeness (QED) is 0.922. The van der Waals surface area contributed by atoms with Crippen molar-refractivity contribution in [1.82, 2.24) is 0 Å². The van der Waals surface area contributed by atoms with E-state index in [0.717, 1.165) is 0 Å². The fraction of sp³-hybridized carbons (Fsp3) is 0.647. The third kappa shape index (κ3) is 2.62. The van der Waals surface area contributed by atoms with Gasteiger partial charge >= 0.3 is 0 Å². The Hall–Kier alpha value is -0.900. The molecule has 1 saturated carbocycles. The van der Waals surface area contributed by atoms with Crippen LogP contribution in [-0.2, 0) is 15.1 Å². The van der Waals surface area contributed by atoms with Crippen molar-refractivity contribution in [2.45, 2.75) is 43.8 Å². The van der Waals surface area contributed by atoms with Gasteiger partial charge in [0.25, 0.3) is 0 Å². The topological polar surface area (TPSA) is 44.5 Å². The molecule has 1 aromatic rings. The maximum Gasteiger partial charge on any atom is 0.120 e. The first kappa shape index (κ1) is 14.1. The van der Waals surface area contributed by atoms with Crippen LogP contribution in [0.1, 0.15) is 37.7 Å². The molecule has 1 heterocycles. The number of rotatable bonds is 3. The van der Waals surface area contributed by atoms with Gasteiger partial charge in [-0.05, 0) is 24.3 Å². The van der Waals surface area contributed by atoms with Crippen molar-refractivity contribution in [2.75, 3.05) is 19.8 Å². The summed E-state index contributed by atoms with van der Waals surface area (Å²) in [4.78, 5) is 0. The van der Waals surface area contributed by atoms with Gasteiger partial charge in [0.1, 0.15) is 5.60 Å². The van der Waals surface area contributed by atoms with Crippen LogP contribution in [-0.4, -0.2) is 25.9 Å². The summed E-state index contributed by atoms with van der Waals surface area (Å²) in [5.74, 6) is 0.549. The number of benzene rings is 1. The summed E-state index contributed by atoms with van der Waals surface area (Å²) in [5.41, 5.74) is 6.79. The third-order valence-electron chi connectivity index (χ3n) is 4.79. The molecule has 0 radical (unpaired) electrons. The van der Waals surface area contributed by atoms with Crippen LogP contribution in [0.25, 0.3) is 0 Å². The molecule has 1 aromatic carbocycles. The maximum absolute atomic E-state index is 6.50. The lowest BCUT2D eigenvalue weighted by Crippen LogP contribution is -2.52. The summed E-state index contributed by atoms with van der Waals surface area (Å²) in [7, 11) is 0. The van der Waals surface area contributed by atoms with E-state index in [9.17, 15) is 0 Å². The van der Waals surface area contributed by atoms with Crippen LogP contribution in [0.5, 0.6) is 0 Å². The summed E-state index contributed by atoms with van der Waals surface area (Å²) in [6.45, 7) is 1.82. The zero-order valence-corrected chi connectivity index (χ0v) is 12.1. The lowest BCUT2D eigenvalue weighted by molar-refractivity contribution is -0.229. The smallest absolute Gasteiger partial charge is 0.120 e. The zero-order valence-electron chi connectivity index (χ0n) is 12.1. The highest BCUT2D eigenvalue weighted by molar-refractivity contribution is 5.25. The van der Waals surface area contributed by atoms with Crippen LogP contribution in [0, 0.1) is 5.92 Å². The number of hydrogen-bond donors (Lipinski definition) is 1. The zero-order chi connectivity index (χ0) is 13.8. The Morgan fingerprint density at radius 3 is 2.55 bits per heavy atom. The van der Waals surface area contributed by atoms with Gasteiger partial charge in [0.15, 0.2) is 0 Å². The molecule has 110 valence electrons. The molecular weight excluding hydrogens is 250 g/mol. The molecular formula is C17H25NO2. The van der Waals surface area contributed by atoms with Gasteiger partial charge in [-0.15, -0.1) is 0 Å². The fourth-order valence-electron chi connectivity index (χ4n) is 3.71. The highest BCUT2D eigenvalue weighted by Gasteiger charge is 2.46. The molecule has 0 aromatic heterocycles. The Kier molecular flexibility index (Phi) is 4.39. The predicted octanol–water partition coefficient (Wildman–Crippen LogP) is 2.84. The predicted molar refractivity (Wildman–Crippen MR) is 79.4 cm³/mol. The number of nitrogens with two attached hydrogens (primary N) is 1. The van der Waals surface area contributed by atoms with Gasteiger partial charge in [0, 0.05) is 6.54 Å². The van der Waals surface area contributed by atoms with E-state index in [1.54, 1.807) is 0 Å². The molecule has 3 rings (SSSR count). The van der Waals surface area contributed by atoms with E-state index in [0.29, 0.717) is 25.7 Å². The molecule has 3 heteroatoms. The van der Waals surface area contributed by atoms with Crippen molar-refractivity contribution in [3.63, 3.8) is 0 Å². The molecule has 1 aliphatic carbocycles. The molecule has 2 atom stereocenters. The Bertz CT molecular complexity index is 416. The maximum atomic E-state index is 6.50. The largest absolute Gasteiger partial charge is 0.375 e. The van der Waals surface area contributed by atoms with E-state index in [1.807, 2.05) is 0 Å². The monoisotopic (exact) mass is 275 g/mol. The molecule has 20 heavy (non-hydrogen) atoms. The molecule has 0 bridgehead atoms. The minimum Gasteiger partial charge on any atom is -0.375 e. The standard InChI is InChI=1S/C17H25NO2/c18-11-16-12-19-13-17(20-16,14-7-3-1-4-8-14)15-9-5-2-6-10-15/h1,3-4,7-8,15-16H,2,5-6,9-13,18H2/t16-,17-/m1/s1. The summed E-state index contributed by atoms with van der Waals surface area (Å²) >= 11 is 0. The Morgan fingerprint density at radius 1 is 1.10 bits per heavy atom. The number of hydrogen-bond acceptors (Lipinski definition) is 3. The van der Waals surface area contributed by atoms with Crippen LogP contribution < -0.4 is 5.73 Å². The van der Waals surface area contributed by atoms with Crippen molar-refractivity contribution in [3.05, 3.63) is 35.9 Å². The second-order valence-electron chi connectivity index (χ2n) is 6.08. The second-order valence-corrected chi connectivity index (χ2v) is 6.08. The second kappa shape index (κ2) is 6.25. The lowest BCUT2D eigenvalue weighted by atomic mass is 9.73. The molecule has 1 saturated heterocycles. The molecule has 2 N–H and O–H groups in total. The van der Waals surface area contributed by atoms with Crippen molar-refractivity contribution < 1.29 is 9.47 Å². The molecule has 0 unspecified atom stereocenters. The Balaban J connectivity index is 1.93. The Labute approximate surface area is 121 Å². The van der Waals surface area contributed by atoms with Crippen LogP contribution in [0.4, 0.5) is 0 Å². The molecule has 2 aliphatic rings. The molecule has 0 amide bonds. The highest BCUT2D eigenvalue weighted by atomic mass is 16.6. The number of ether oxygens (including phenoxy) is 2. The van der Waals surface area contributed by atoms with Gasteiger partial charge in [0.2, 0.25) is 0 Å². The summed E-state index contributed by atoms with van der Waals surface area (Å²) in [6, 6.07) is 10.6. The lowest BCUT2D eigenvalue weighted by Gasteiger charge is -2.47. The first-order chi connectivity index (χ1) is 9.85. The summed E-state index contributed by atoms with van der Waals surface area (Å²) in [5, 5.41) is 0. The van der Waals surface area contributed by atoms with Gasteiger partial charge in [-0.25, -0.2) is 0 Å². The van der Waals surface area contributed by atoms with E-state index in [2.05, 4.69) is 30.3 Å². The average Bonchev–Trinajstić information content (AvgIpc) is 2.56. The van der Waals surface area contributed by atoms with Gasteiger partial charge < -0.3 is 15.2 Å². The molecule has 2 fully saturated rings. The van der Waals surface area contributed by atoms with Crippen LogP contribution >= 0.6 is 0 Å². The van der Waals surface area contributed by atoms with Gasteiger partial charge in [-0.2, -0.15) is 0 Å². The van der Waals surface area contributed by atoms with Crippen LogP contribution in [0.3, 0.4) is 0 Å². The molecule has 1 aliphatic heterocycles. The van der Waals surface area contributed by atoms with E-state index in [4.69, 9.17) is 15.2 Å². The first-order valence-electron chi connectivity index (χ1n) is 7.86. The van der Waals surface area contributed by atoms with Crippen molar-refractivity contribution in [2.24, 2.45) is 11.7 Å². The molecule has 3 nitrogen and oxygen atoms in total. The van der Waals surface area contributed by atoms with E-state index >= 15 is 0 Å². The van der Waals surface area contributed by atoms with Crippen LogP contribution in [0.15, 0.2) is 30.3 Å². The van der Waals surface area contributed by atoms with Gasteiger partial charge in [0.05, 0.1) is 19.3 Å². The highest BCUT2D eigenvalue weighted by Crippen LogP contribution is 2.44. The summed E-state index contributed by atoms with van der Waals surface area (Å²) < 4.78 is 12.4. The minimum absolute atomic E-state index is 0.0193. The fourth-order valence-corrected chi connectivity index (χ4v) is 3.71. The SMILES string of the molecule is NC[C@@H]1COC[C@@](c2ccccc2)(C2CCCCC2)O1. The van der Waals surface area contributed by atoms with Crippen molar-refractivity contribution in [1.29, 1.82) is 0 Å².